The van der Waals surface area contributed by atoms with Gasteiger partial charge in [-0.1, -0.05) is 24.3 Å². The highest BCUT2D eigenvalue weighted by Gasteiger charge is 2.16. The molecule has 1 aromatic heterocycles. The molecule has 4 rings (SSSR count). The molecule has 3 N–H and O–H groups in total. The minimum absolute atomic E-state index is 0.0404. The van der Waals surface area contributed by atoms with Crippen LogP contribution in [0, 0.1) is 6.92 Å². The number of hydrogen-bond donors (Lipinski definition) is 3. The molecule has 11 heteroatoms. The SMILES string of the molecule is COc1ccc(/C=C(\NC(=O)c2ccccc2)C(=O)Nc2ccc(SCC(=O)Nc3nc(C)cs3)cc2)cc1OC. The van der Waals surface area contributed by atoms with E-state index in [1.807, 2.05) is 12.3 Å². The van der Waals surface area contributed by atoms with Gasteiger partial charge in [-0.3, -0.25) is 14.4 Å². The van der Waals surface area contributed by atoms with E-state index in [1.54, 1.807) is 78.9 Å². The monoisotopic (exact) mass is 588 g/mol. The molecule has 0 aliphatic carbocycles. The lowest BCUT2D eigenvalue weighted by Gasteiger charge is -2.13. The van der Waals surface area contributed by atoms with Crippen molar-refractivity contribution in [2.45, 2.75) is 11.8 Å². The Labute approximate surface area is 246 Å². The summed E-state index contributed by atoms with van der Waals surface area (Å²) in [5.41, 5.74) is 2.46. The summed E-state index contributed by atoms with van der Waals surface area (Å²) in [6.07, 6.45) is 1.56. The first-order valence-electron chi connectivity index (χ1n) is 12.4. The minimum atomic E-state index is -0.511. The number of anilines is 2. The molecule has 0 bridgehead atoms. The Morgan fingerprint density at radius 3 is 2.32 bits per heavy atom. The molecule has 3 aromatic carbocycles. The number of carbonyl (C=O) groups is 3. The number of nitrogens with zero attached hydrogens (tertiary/aromatic N) is 1. The second-order valence-electron chi connectivity index (χ2n) is 8.60. The molecular weight excluding hydrogens is 560 g/mol. The van der Waals surface area contributed by atoms with E-state index < -0.39 is 11.8 Å². The Morgan fingerprint density at radius 2 is 1.66 bits per heavy atom. The second-order valence-corrected chi connectivity index (χ2v) is 10.5. The molecule has 9 nitrogen and oxygen atoms in total. The van der Waals surface area contributed by atoms with Crippen LogP contribution in [0.3, 0.4) is 0 Å². The largest absolute Gasteiger partial charge is 0.493 e. The standard InChI is InChI=1S/C30H28N4O5S2/c1-19-17-41-30(31-19)34-27(35)18-40-23-12-10-22(11-13-23)32-29(37)24(33-28(36)21-7-5-4-6-8-21)15-20-9-14-25(38-2)26(16-20)39-3/h4-17H,18H2,1-3H3,(H,32,37)(H,33,36)(H,31,34,35)/b24-15-. The fraction of sp³-hybridized carbons (Fsp3) is 0.133. The van der Waals surface area contributed by atoms with Crippen molar-refractivity contribution in [1.82, 2.24) is 10.3 Å². The first-order valence-corrected chi connectivity index (χ1v) is 14.3. The Bertz CT molecular complexity index is 1550. The first kappa shape index (κ1) is 29.4. The van der Waals surface area contributed by atoms with Crippen molar-refractivity contribution in [3.05, 3.63) is 101 Å². The van der Waals surface area contributed by atoms with Gasteiger partial charge in [0.1, 0.15) is 5.70 Å². The van der Waals surface area contributed by atoms with E-state index in [2.05, 4.69) is 20.9 Å². The van der Waals surface area contributed by atoms with Gasteiger partial charge in [0, 0.05) is 21.5 Å². The Hall–Kier alpha value is -4.61. The fourth-order valence-electron chi connectivity index (χ4n) is 3.60. The molecule has 3 amide bonds. The summed E-state index contributed by atoms with van der Waals surface area (Å²) in [6, 6.07) is 20.9. The topological polar surface area (TPSA) is 119 Å². The molecule has 0 unspecified atom stereocenters. The van der Waals surface area contributed by atoms with Crippen molar-refractivity contribution in [3.8, 4) is 11.5 Å². The highest BCUT2D eigenvalue weighted by atomic mass is 32.2. The third kappa shape index (κ3) is 8.44. The van der Waals surface area contributed by atoms with Crippen LogP contribution in [0.5, 0.6) is 11.5 Å². The second kappa shape index (κ2) is 14.1. The molecule has 1 heterocycles. The minimum Gasteiger partial charge on any atom is -0.493 e. The molecule has 0 atom stereocenters. The van der Waals surface area contributed by atoms with Crippen LogP contribution in [0.15, 0.2) is 88.8 Å². The summed E-state index contributed by atoms with van der Waals surface area (Å²) in [5, 5.41) is 10.8. The van der Waals surface area contributed by atoms with Crippen LogP contribution in [0.4, 0.5) is 10.8 Å². The zero-order valence-electron chi connectivity index (χ0n) is 22.6. The van der Waals surface area contributed by atoms with Crippen molar-refractivity contribution < 1.29 is 23.9 Å². The van der Waals surface area contributed by atoms with Crippen LogP contribution >= 0.6 is 23.1 Å². The van der Waals surface area contributed by atoms with E-state index in [0.29, 0.717) is 33.4 Å². The Kier molecular flexibility index (Phi) is 10.1. The number of thioether (sulfide) groups is 1. The number of hydrogen-bond acceptors (Lipinski definition) is 8. The number of aromatic nitrogens is 1. The molecule has 0 aliphatic rings. The molecule has 4 aromatic rings. The predicted octanol–water partition coefficient (Wildman–Crippen LogP) is 5.61. The number of ether oxygens (including phenoxy) is 2. The number of methoxy groups -OCH3 is 2. The van der Waals surface area contributed by atoms with E-state index >= 15 is 0 Å². The molecule has 0 spiro atoms. The molecule has 0 aliphatic heterocycles. The lowest BCUT2D eigenvalue weighted by atomic mass is 10.1. The van der Waals surface area contributed by atoms with Gasteiger partial charge in [0.2, 0.25) is 5.91 Å². The third-order valence-corrected chi connectivity index (χ3v) is 7.48. The maximum atomic E-state index is 13.3. The summed E-state index contributed by atoms with van der Waals surface area (Å²) in [7, 11) is 3.06. The van der Waals surface area contributed by atoms with Gasteiger partial charge in [-0.05, 0) is 67.1 Å². The van der Waals surface area contributed by atoms with Crippen molar-refractivity contribution >= 4 is 57.7 Å². The normalized spacial score (nSPS) is 11.0. The van der Waals surface area contributed by atoms with Gasteiger partial charge in [-0.15, -0.1) is 23.1 Å². The smallest absolute Gasteiger partial charge is 0.272 e. The van der Waals surface area contributed by atoms with E-state index in [-0.39, 0.29) is 17.4 Å². The fourth-order valence-corrected chi connectivity index (χ4v) is 5.00. The number of aryl methyl sites for hydroxylation is 1. The Morgan fingerprint density at radius 1 is 0.927 bits per heavy atom. The summed E-state index contributed by atoms with van der Waals surface area (Å²) in [6.45, 7) is 1.87. The summed E-state index contributed by atoms with van der Waals surface area (Å²) in [4.78, 5) is 43.5. The lowest BCUT2D eigenvalue weighted by molar-refractivity contribution is -0.114. The average molecular weight is 589 g/mol. The maximum absolute atomic E-state index is 13.3. The summed E-state index contributed by atoms with van der Waals surface area (Å²) in [5.74, 6) is 0.152. The van der Waals surface area contributed by atoms with Crippen molar-refractivity contribution in [3.63, 3.8) is 0 Å². The van der Waals surface area contributed by atoms with Gasteiger partial charge in [0.15, 0.2) is 16.6 Å². The van der Waals surface area contributed by atoms with Crippen LogP contribution < -0.4 is 25.4 Å². The third-order valence-electron chi connectivity index (χ3n) is 5.59. The number of rotatable bonds is 11. The van der Waals surface area contributed by atoms with E-state index in [4.69, 9.17) is 9.47 Å². The van der Waals surface area contributed by atoms with E-state index in [1.165, 1.54) is 37.3 Å². The number of amides is 3. The Balaban J connectivity index is 1.45. The number of nitrogens with one attached hydrogen (secondary N) is 3. The van der Waals surface area contributed by atoms with Gasteiger partial charge in [-0.25, -0.2) is 4.98 Å². The molecule has 41 heavy (non-hydrogen) atoms. The number of benzene rings is 3. The molecule has 0 fully saturated rings. The van der Waals surface area contributed by atoms with Crippen LogP contribution in [-0.4, -0.2) is 42.7 Å². The summed E-state index contributed by atoms with van der Waals surface area (Å²) >= 11 is 2.74. The quantitative estimate of drug-likeness (QED) is 0.154. The van der Waals surface area contributed by atoms with Gasteiger partial charge in [-0.2, -0.15) is 0 Å². The van der Waals surface area contributed by atoms with Crippen molar-refractivity contribution in [2.75, 3.05) is 30.6 Å². The zero-order valence-corrected chi connectivity index (χ0v) is 24.2. The molecule has 0 saturated heterocycles. The van der Waals surface area contributed by atoms with E-state index in [9.17, 15) is 14.4 Å². The molecule has 210 valence electrons. The van der Waals surface area contributed by atoms with Gasteiger partial charge < -0.3 is 25.4 Å². The van der Waals surface area contributed by atoms with Gasteiger partial charge in [0.05, 0.1) is 25.7 Å². The molecular formula is C30H28N4O5S2. The van der Waals surface area contributed by atoms with Crippen molar-refractivity contribution in [2.24, 2.45) is 0 Å². The predicted molar refractivity (Wildman–Crippen MR) is 163 cm³/mol. The molecule has 0 saturated carbocycles. The highest BCUT2D eigenvalue weighted by molar-refractivity contribution is 8.00. The first-order chi connectivity index (χ1) is 19.8. The molecule has 0 radical (unpaired) electrons. The summed E-state index contributed by atoms with van der Waals surface area (Å²) < 4.78 is 10.7. The van der Waals surface area contributed by atoms with Crippen LogP contribution in [0.1, 0.15) is 21.6 Å². The van der Waals surface area contributed by atoms with Crippen LogP contribution in [0.25, 0.3) is 6.08 Å². The van der Waals surface area contributed by atoms with E-state index in [0.717, 1.165) is 10.6 Å². The number of thiazole rings is 1. The van der Waals surface area contributed by atoms with Gasteiger partial charge >= 0.3 is 0 Å². The van der Waals surface area contributed by atoms with Crippen molar-refractivity contribution in [1.29, 1.82) is 0 Å². The lowest BCUT2D eigenvalue weighted by Crippen LogP contribution is -2.30. The average Bonchev–Trinajstić information content (AvgIpc) is 3.40. The number of carbonyl (C=O) groups excluding carboxylic acids is 3. The van der Waals surface area contributed by atoms with Crippen LogP contribution in [0.2, 0.25) is 0 Å². The van der Waals surface area contributed by atoms with Gasteiger partial charge in [0.25, 0.3) is 11.8 Å². The zero-order chi connectivity index (χ0) is 29.2. The maximum Gasteiger partial charge on any atom is 0.272 e. The van der Waals surface area contributed by atoms with Crippen LogP contribution in [-0.2, 0) is 9.59 Å². The highest BCUT2D eigenvalue weighted by Crippen LogP contribution is 2.28.